The predicted molar refractivity (Wildman–Crippen MR) is 68.2 cm³/mol. The van der Waals surface area contributed by atoms with E-state index in [-0.39, 0.29) is 11.3 Å². The van der Waals surface area contributed by atoms with E-state index < -0.39 is 11.4 Å². The Kier molecular flexibility index (Phi) is 2.70. The van der Waals surface area contributed by atoms with Crippen LogP contribution in [-0.4, -0.2) is 28.9 Å². The van der Waals surface area contributed by atoms with Crippen LogP contribution in [0.25, 0.3) is 10.9 Å². The number of amides is 1. The Bertz CT molecular complexity index is 753. The minimum atomic E-state index is -0.816. The quantitative estimate of drug-likeness (QED) is 0.818. The zero-order chi connectivity index (χ0) is 13.4. The summed E-state index contributed by atoms with van der Waals surface area (Å²) in [6.07, 6.45) is 2.03. The Hall–Kier alpha value is -2.37. The van der Waals surface area contributed by atoms with E-state index in [0.717, 1.165) is 25.9 Å². The molecule has 0 radical (unpaired) electrons. The summed E-state index contributed by atoms with van der Waals surface area (Å²) in [5.41, 5.74) is 0.0980. The van der Waals surface area contributed by atoms with Crippen LogP contribution in [0.3, 0.4) is 0 Å². The summed E-state index contributed by atoms with van der Waals surface area (Å²) in [6, 6.07) is 4.60. The molecule has 1 aliphatic heterocycles. The summed E-state index contributed by atoms with van der Waals surface area (Å²) < 4.78 is 4.43. The van der Waals surface area contributed by atoms with Crippen LogP contribution in [0, 0.1) is 0 Å². The molecule has 1 aromatic heterocycles. The van der Waals surface area contributed by atoms with Gasteiger partial charge in [0, 0.05) is 18.7 Å². The van der Waals surface area contributed by atoms with Gasteiger partial charge in [-0.2, -0.15) is 0 Å². The molecule has 6 nitrogen and oxygen atoms in total. The molecule has 3 rings (SSSR count). The lowest BCUT2D eigenvalue weighted by molar-refractivity contribution is 0.0793. The number of H-pyrrole nitrogens is 1. The maximum atomic E-state index is 12.2. The highest BCUT2D eigenvalue weighted by molar-refractivity contribution is 5.97. The third kappa shape index (κ3) is 2.05. The number of aromatic amines is 1. The number of rotatable bonds is 1. The summed E-state index contributed by atoms with van der Waals surface area (Å²) in [4.78, 5) is 39.0. The van der Waals surface area contributed by atoms with Crippen LogP contribution >= 0.6 is 0 Å². The molecule has 0 aliphatic carbocycles. The smallest absolute Gasteiger partial charge is 0.372 e. The first kappa shape index (κ1) is 11.7. The van der Waals surface area contributed by atoms with Gasteiger partial charge in [0.1, 0.15) is 0 Å². The fourth-order valence-electron chi connectivity index (χ4n) is 2.34. The molecule has 0 unspecified atom stereocenters. The highest BCUT2D eigenvalue weighted by Crippen LogP contribution is 2.15. The second-order valence-electron chi connectivity index (χ2n) is 4.56. The Balaban J connectivity index is 2.08. The summed E-state index contributed by atoms with van der Waals surface area (Å²) in [7, 11) is 0. The molecule has 0 spiro atoms. The Morgan fingerprint density at radius 1 is 1.21 bits per heavy atom. The van der Waals surface area contributed by atoms with E-state index in [9.17, 15) is 14.4 Å². The van der Waals surface area contributed by atoms with Gasteiger partial charge < -0.3 is 9.32 Å². The number of nitrogens with zero attached hydrogens (tertiary/aromatic N) is 1. The largest absolute Gasteiger partial charge is 0.419 e. The van der Waals surface area contributed by atoms with E-state index in [2.05, 4.69) is 9.40 Å². The molecule has 1 aliphatic rings. The molecular formula is C13H12N2O4. The Morgan fingerprint density at radius 3 is 2.68 bits per heavy atom. The molecule has 1 aromatic carbocycles. The normalized spacial score (nSPS) is 15.1. The third-order valence-corrected chi connectivity index (χ3v) is 3.30. The van der Waals surface area contributed by atoms with Crippen molar-refractivity contribution in [3.05, 3.63) is 44.7 Å². The first-order chi connectivity index (χ1) is 9.15. The van der Waals surface area contributed by atoms with Crippen LogP contribution in [0.5, 0.6) is 0 Å². The SMILES string of the molecule is O=C(c1ccc2c(=O)oc(=O)[nH]c2c1)N1CCCC1. The number of hydrogen-bond donors (Lipinski definition) is 1. The lowest BCUT2D eigenvalue weighted by atomic mass is 10.1. The molecule has 1 saturated heterocycles. The topological polar surface area (TPSA) is 83.4 Å². The van der Waals surface area contributed by atoms with E-state index in [1.165, 1.54) is 12.1 Å². The second kappa shape index (κ2) is 4.38. The fourth-order valence-corrected chi connectivity index (χ4v) is 2.34. The molecule has 98 valence electrons. The summed E-state index contributed by atoms with van der Waals surface area (Å²) in [5, 5.41) is 0.262. The summed E-state index contributed by atoms with van der Waals surface area (Å²) >= 11 is 0. The molecule has 0 bridgehead atoms. The van der Waals surface area contributed by atoms with E-state index in [1.807, 2.05) is 0 Å². The first-order valence-corrected chi connectivity index (χ1v) is 6.11. The van der Waals surface area contributed by atoms with E-state index in [0.29, 0.717) is 11.1 Å². The van der Waals surface area contributed by atoms with Crippen molar-refractivity contribution < 1.29 is 9.21 Å². The average molecular weight is 260 g/mol. The summed E-state index contributed by atoms with van der Waals surface area (Å²) in [6.45, 7) is 1.51. The molecular weight excluding hydrogens is 248 g/mol. The van der Waals surface area contributed by atoms with Crippen molar-refractivity contribution in [2.24, 2.45) is 0 Å². The zero-order valence-electron chi connectivity index (χ0n) is 10.1. The third-order valence-electron chi connectivity index (χ3n) is 3.30. The number of hydrogen-bond acceptors (Lipinski definition) is 4. The predicted octanol–water partition coefficient (Wildman–Crippen LogP) is 0.717. The number of nitrogens with one attached hydrogen (secondary N) is 1. The van der Waals surface area contributed by atoms with Gasteiger partial charge in [0.15, 0.2) is 0 Å². The van der Waals surface area contributed by atoms with Crippen molar-refractivity contribution >= 4 is 16.8 Å². The maximum Gasteiger partial charge on any atom is 0.419 e. The molecule has 19 heavy (non-hydrogen) atoms. The molecule has 2 aromatic rings. The van der Waals surface area contributed by atoms with Crippen molar-refractivity contribution in [1.82, 2.24) is 9.88 Å². The first-order valence-electron chi connectivity index (χ1n) is 6.11. The van der Waals surface area contributed by atoms with Crippen LogP contribution in [0.4, 0.5) is 0 Å². The number of carbonyl (C=O) groups is 1. The Morgan fingerprint density at radius 2 is 1.95 bits per heavy atom. The second-order valence-corrected chi connectivity index (χ2v) is 4.56. The average Bonchev–Trinajstić information content (AvgIpc) is 2.90. The van der Waals surface area contributed by atoms with E-state index >= 15 is 0 Å². The van der Waals surface area contributed by atoms with Gasteiger partial charge in [-0.15, -0.1) is 0 Å². The van der Waals surface area contributed by atoms with Gasteiger partial charge in [-0.3, -0.25) is 9.78 Å². The number of benzene rings is 1. The van der Waals surface area contributed by atoms with Gasteiger partial charge >= 0.3 is 11.4 Å². The molecule has 0 atom stereocenters. The molecule has 1 fully saturated rings. The van der Waals surface area contributed by atoms with Crippen LogP contribution in [0.1, 0.15) is 23.2 Å². The van der Waals surface area contributed by atoms with Crippen molar-refractivity contribution in [2.45, 2.75) is 12.8 Å². The molecule has 6 heteroatoms. The minimum Gasteiger partial charge on any atom is -0.372 e. The highest BCUT2D eigenvalue weighted by Gasteiger charge is 2.19. The van der Waals surface area contributed by atoms with Gasteiger partial charge in [-0.25, -0.2) is 9.59 Å². The van der Waals surface area contributed by atoms with Crippen molar-refractivity contribution in [3.63, 3.8) is 0 Å². The van der Waals surface area contributed by atoms with E-state index in [1.54, 1.807) is 11.0 Å². The maximum absolute atomic E-state index is 12.2. The highest BCUT2D eigenvalue weighted by atomic mass is 16.4. The minimum absolute atomic E-state index is 0.0755. The van der Waals surface area contributed by atoms with Gasteiger partial charge in [-0.1, -0.05) is 0 Å². The van der Waals surface area contributed by atoms with Gasteiger partial charge in [0.2, 0.25) is 0 Å². The van der Waals surface area contributed by atoms with Gasteiger partial charge in [-0.05, 0) is 31.0 Å². The number of aromatic nitrogens is 1. The standard InChI is InChI=1S/C13H12N2O4/c16-11(15-5-1-2-6-15)8-3-4-9-10(7-8)14-13(18)19-12(9)17/h3-4,7H,1-2,5-6H2,(H,14,18). The van der Waals surface area contributed by atoms with Gasteiger partial charge in [0.25, 0.3) is 5.91 Å². The Labute approximate surface area is 107 Å². The molecule has 1 amide bonds. The van der Waals surface area contributed by atoms with Crippen LogP contribution in [0.2, 0.25) is 0 Å². The molecule has 1 N–H and O–H groups in total. The van der Waals surface area contributed by atoms with Crippen molar-refractivity contribution in [1.29, 1.82) is 0 Å². The van der Waals surface area contributed by atoms with Crippen LogP contribution in [-0.2, 0) is 0 Å². The van der Waals surface area contributed by atoms with Crippen LogP contribution in [0.15, 0.2) is 32.2 Å². The number of carbonyl (C=O) groups excluding carboxylic acids is 1. The number of fused-ring (bicyclic) bond motifs is 1. The van der Waals surface area contributed by atoms with Gasteiger partial charge in [0.05, 0.1) is 10.9 Å². The lowest BCUT2D eigenvalue weighted by Crippen LogP contribution is -2.27. The van der Waals surface area contributed by atoms with E-state index in [4.69, 9.17) is 0 Å². The summed E-state index contributed by atoms with van der Waals surface area (Å²) in [5.74, 6) is -0.892. The van der Waals surface area contributed by atoms with Crippen LogP contribution < -0.4 is 11.4 Å². The zero-order valence-corrected chi connectivity index (χ0v) is 10.1. The lowest BCUT2D eigenvalue weighted by Gasteiger charge is -2.15. The monoisotopic (exact) mass is 260 g/mol. The number of likely N-dealkylation sites (tertiary alicyclic amines) is 1. The van der Waals surface area contributed by atoms with Crippen molar-refractivity contribution in [2.75, 3.05) is 13.1 Å². The molecule has 2 heterocycles. The van der Waals surface area contributed by atoms with Crippen molar-refractivity contribution in [3.8, 4) is 0 Å². The fraction of sp³-hybridized carbons (Fsp3) is 0.308. The molecule has 0 saturated carbocycles.